The molecule has 23 heavy (non-hydrogen) atoms. The number of carbonyl (C=O) groups is 4. The Hall–Kier alpha value is -2.64. The molecule has 2 rings (SSSR count). The van der Waals surface area contributed by atoms with E-state index in [1.54, 1.807) is 0 Å². The summed E-state index contributed by atoms with van der Waals surface area (Å²) in [5, 5.41) is 41.3. The number of allylic oxidation sites excluding steroid dienone is 4. The summed E-state index contributed by atoms with van der Waals surface area (Å²) in [5.41, 5.74) is -4.11. The SMILES string of the molecule is O=C([O-])C1(C(=O)[O-])C=CC=C1.O=C([O-])C1(C(=O)[O-])C=CC=C1.[Cu+4]. The van der Waals surface area contributed by atoms with Gasteiger partial charge in [0.15, 0.2) is 0 Å². The Morgan fingerprint density at radius 2 is 0.696 bits per heavy atom. The average Bonchev–Trinajstić information content (AvgIpc) is 3.10. The van der Waals surface area contributed by atoms with Crippen LogP contribution in [0.5, 0.6) is 0 Å². The topological polar surface area (TPSA) is 161 Å². The predicted molar refractivity (Wildman–Crippen MR) is 61.5 cm³/mol. The van der Waals surface area contributed by atoms with Crippen molar-refractivity contribution in [2.75, 3.05) is 0 Å². The fourth-order valence-electron chi connectivity index (χ4n) is 1.65. The van der Waals surface area contributed by atoms with E-state index in [4.69, 9.17) is 0 Å². The number of hydrogen-bond donors (Lipinski definition) is 0. The van der Waals surface area contributed by atoms with E-state index in [1.807, 2.05) is 0 Å². The van der Waals surface area contributed by atoms with Gasteiger partial charge in [0.2, 0.25) is 0 Å². The summed E-state index contributed by atoms with van der Waals surface area (Å²) in [4.78, 5) is 41.3. The van der Waals surface area contributed by atoms with Gasteiger partial charge in [0.25, 0.3) is 0 Å². The molecule has 8 nitrogen and oxygen atoms in total. The van der Waals surface area contributed by atoms with Crippen LogP contribution in [0.1, 0.15) is 0 Å². The molecule has 123 valence electrons. The maximum Gasteiger partial charge on any atom is 4.00 e. The number of carbonyl (C=O) groups excluding carboxylic acids is 4. The Kier molecular flexibility index (Phi) is 6.70. The third-order valence-corrected chi connectivity index (χ3v) is 3.01. The largest absolute Gasteiger partial charge is 4.00 e. The number of aliphatic carboxylic acids is 4. The van der Waals surface area contributed by atoms with Crippen LogP contribution in [0.15, 0.2) is 48.6 Å². The first-order valence-electron chi connectivity index (χ1n) is 5.79. The van der Waals surface area contributed by atoms with Crippen molar-refractivity contribution in [3.63, 3.8) is 0 Å². The van der Waals surface area contributed by atoms with E-state index in [-0.39, 0.29) is 17.1 Å². The molecule has 0 atom stereocenters. The van der Waals surface area contributed by atoms with Crippen LogP contribution in [-0.4, -0.2) is 23.9 Å². The molecule has 0 heterocycles. The monoisotopic (exact) mass is 367 g/mol. The van der Waals surface area contributed by atoms with Gasteiger partial charge in [-0.15, -0.1) is 0 Å². The third-order valence-electron chi connectivity index (χ3n) is 3.01. The van der Waals surface area contributed by atoms with E-state index in [0.717, 1.165) is 24.3 Å². The summed E-state index contributed by atoms with van der Waals surface area (Å²) < 4.78 is 0. The van der Waals surface area contributed by atoms with E-state index in [0.29, 0.717) is 0 Å². The molecule has 0 aliphatic heterocycles. The fourth-order valence-corrected chi connectivity index (χ4v) is 1.65. The summed E-state index contributed by atoms with van der Waals surface area (Å²) in [6.45, 7) is 0. The van der Waals surface area contributed by atoms with Crippen molar-refractivity contribution in [3.05, 3.63) is 48.6 Å². The predicted octanol–water partition coefficient (Wildman–Crippen LogP) is -4.81. The molecule has 2 aliphatic carbocycles. The van der Waals surface area contributed by atoms with Gasteiger partial charge in [-0.05, 0) is 0 Å². The van der Waals surface area contributed by atoms with Gasteiger partial charge in [0.05, 0.1) is 34.7 Å². The maximum absolute atomic E-state index is 10.3. The Labute approximate surface area is 140 Å². The molecule has 0 saturated carbocycles. The molecule has 0 spiro atoms. The summed E-state index contributed by atoms with van der Waals surface area (Å²) in [5.74, 6) is -6.71. The zero-order valence-electron chi connectivity index (χ0n) is 11.2. The Balaban J connectivity index is 0.000000403. The van der Waals surface area contributed by atoms with Gasteiger partial charge in [-0.2, -0.15) is 0 Å². The quantitative estimate of drug-likeness (QED) is 0.353. The maximum atomic E-state index is 10.3. The van der Waals surface area contributed by atoms with Crippen LogP contribution in [-0.2, 0) is 36.2 Å². The van der Waals surface area contributed by atoms with Crippen LogP contribution >= 0.6 is 0 Å². The van der Waals surface area contributed by atoms with Crippen LogP contribution in [0.4, 0.5) is 0 Å². The molecular weight excluding hydrogens is 360 g/mol. The van der Waals surface area contributed by atoms with E-state index < -0.39 is 34.7 Å². The minimum absolute atomic E-state index is 0. The zero-order valence-corrected chi connectivity index (χ0v) is 12.1. The molecule has 1 radical (unpaired) electrons. The van der Waals surface area contributed by atoms with Crippen molar-refractivity contribution < 1.29 is 56.7 Å². The van der Waals surface area contributed by atoms with Crippen molar-refractivity contribution in [1.29, 1.82) is 0 Å². The average molecular weight is 368 g/mol. The third kappa shape index (κ3) is 3.77. The first kappa shape index (κ1) is 20.4. The van der Waals surface area contributed by atoms with Crippen molar-refractivity contribution in [1.82, 2.24) is 0 Å². The van der Waals surface area contributed by atoms with Gasteiger partial charge in [-0.25, -0.2) is 0 Å². The van der Waals surface area contributed by atoms with E-state index in [1.165, 1.54) is 24.3 Å². The molecule has 2 aliphatic rings. The molecule has 0 unspecified atom stereocenters. The summed E-state index contributed by atoms with van der Waals surface area (Å²) in [7, 11) is 0. The Morgan fingerprint density at radius 1 is 0.522 bits per heavy atom. The van der Waals surface area contributed by atoms with Gasteiger partial charge in [0.1, 0.15) is 0 Å². The Bertz CT molecular complexity index is 529. The van der Waals surface area contributed by atoms with Crippen molar-refractivity contribution >= 4 is 23.9 Å². The number of carboxylic acid groups (broad SMARTS) is 4. The number of carboxylic acids is 4. The first-order valence-corrected chi connectivity index (χ1v) is 5.79. The normalized spacial score (nSPS) is 17.7. The van der Waals surface area contributed by atoms with Crippen molar-refractivity contribution in [3.8, 4) is 0 Å². The summed E-state index contributed by atoms with van der Waals surface area (Å²) in [6.07, 6.45) is 9.35. The molecule has 0 bridgehead atoms. The van der Waals surface area contributed by atoms with Crippen LogP contribution < -0.4 is 20.4 Å². The first-order chi connectivity index (χ1) is 10.2. The second kappa shape index (κ2) is 7.57. The van der Waals surface area contributed by atoms with E-state index in [2.05, 4.69) is 0 Å². The standard InChI is InChI=1S/2C7H6O4.Cu/c2*8-5(9)7(6(10)11)3-1-2-4-7;/h2*1-4H,(H,8,9)(H,10,11);/q;;+4/p-4. The minimum Gasteiger partial charge on any atom is -0.548 e. The zero-order chi connectivity index (χ0) is 17.0. The minimum atomic E-state index is -2.06. The van der Waals surface area contributed by atoms with Gasteiger partial charge < -0.3 is 39.6 Å². The van der Waals surface area contributed by atoms with E-state index >= 15 is 0 Å². The number of rotatable bonds is 4. The molecule has 0 aromatic carbocycles. The molecule has 0 N–H and O–H groups in total. The fraction of sp³-hybridized carbons (Fsp3) is 0.143. The van der Waals surface area contributed by atoms with Crippen molar-refractivity contribution in [2.45, 2.75) is 0 Å². The van der Waals surface area contributed by atoms with Gasteiger partial charge in [-0.3, -0.25) is 0 Å². The molecule has 0 amide bonds. The van der Waals surface area contributed by atoms with Gasteiger partial charge in [-0.1, -0.05) is 48.6 Å². The van der Waals surface area contributed by atoms with Crippen LogP contribution in [0.2, 0.25) is 0 Å². The molecule has 0 aromatic heterocycles. The van der Waals surface area contributed by atoms with Gasteiger partial charge in [0, 0.05) is 0 Å². The summed E-state index contributed by atoms with van der Waals surface area (Å²) in [6, 6.07) is 0. The van der Waals surface area contributed by atoms with E-state index in [9.17, 15) is 39.6 Å². The molecule has 9 heteroatoms. The van der Waals surface area contributed by atoms with Crippen LogP contribution in [0.25, 0.3) is 0 Å². The smallest absolute Gasteiger partial charge is 0.548 e. The van der Waals surface area contributed by atoms with Gasteiger partial charge >= 0.3 is 17.1 Å². The Morgan fingerprint density at radius 3 is 0.783 bits per heavy atom. The molecule has 0 aromatic rings. The second-order valence-electron chi connectivity index (χ2n) is 4.32. The molecular formula is C14H8CuO8. The van der Waals surface area contributed by atoms with Crippen LogP contribution in [0.3, 0.4) is 0 Å². The number of hydrogen-bond acceptors (Lipinski definition) is 8. The molecule has 0 fully saturated rings. The summed E-state index contributed by atoms with van der Waals surface area (Å²) >= 11 is 0. The second-order valence-corrected chi connectivity index (χ2v) is 4.32. The van der Waals surface area contributed by atoms with Crippen molar-refractivity contribution in [2.24, 2.45) is 10.8 Å². The molecule has 0 saturated heterocycles. The van der Waals surface area contributed by atoms with Crippen LogP contribution in [0, 0.1) is 10.8 Å².